The van der Waals surface area contributed by atoms with Crippen LogP contribution in [0.25, 0.3) is 0 Å². The number of carbonyl (C=O) groups excluding carboxylic acids is 1. The molecule has 2 aromatic carbocycles. The van der Waals surface area contributed by atoms with Gasteiger partial charge in [0.15, 0.2) is 0 Å². The van der Waals surface area contributed by atoms with E-state index in [-0.39, 0.29) is 12.0 Å². The molecule has 0 saturated heterocycles. The van der Waals surface area contributed by atoms with Crippen LogP contribution in [0.15, 0.2) is 46.9 Å². The van der Waals surface area contributed by atoms with Gasteiger partial charge in [0.05, 0.1) is 6.42 Å². The predicted molar refractivity (Wildman–Crippen MR) is 79.8 cm³/mol. The fourth-order valence-electron chi connectivity index (χ4n) is 1.82. The van der Waals surface area contributed by atoms with Crippen LogP contribution in [0, 0.1) is 5.82 Å². The minimum Gasteiger partial charge on any atom is -0.481 e. The molecular formula is C15H11BrFNO3. The van der Waals surface area contributed by atoms with Crippen LogP contribution in [0.2, 0.25) is 0 Å². The van der Waals surface area contributed by atoms with Crippen LogP contribution in [0.5, 0.6) is 0 Å². The van der Waals surface area contributed by atoms with Gasteiger partial charge >= 0.3 is 5.97 Å². The highest BCUT2D eigenvalue weighted by atomic mass is 79.9. The SMILES string of the molecule is O=C(O)Cc1cccc(NC(=O)c2cc(F)cc(Br)c2)c1. The average Bonchev–Trinajstić information content (AvgIpc) is 2.37. The number of nitrogens with one attached hydrogen (secondary N) is 1. The molecule has 0 radical (unpaired) electrons. The Morgan fingerprint density at radius 1 is 1.19 bits per heavy atom. The molecule has 2 aromatic rings. The molecule has 0 bridgehead atoms. The molecule has 0 spiro atoms. The summed E-state index contributed by atoms with van der Waals surface area (Å²) in [6.45, 7) is 0. The Balaban J connectivity index is 2.17. The number of aliphatic carboxylic acids is 1. The molecule has 6 heteroatoms. The fourth-order valence-corrected chi connectivity index (χ4v) is 2.29. The van der Waals surface area contributed by atoms with Gasteiger partial charge in [0.1, 0.15) is 5.82 Å². The molecule has 2 N–H and O–H groups in total. The normalized spacial score (nSPS) is 10.2. The molecule has 0 fully saturated rings. The summed E-state index contributed by atoms with van der Waals surface area (Å²) in [7, 11) is 0. The molecule has 1 amide bonds. The number of carboxylic acids is 1. The monoisotopic (exact) mass is 351 g/mol. The van der Waals surface area contributed by atoms with Gasteiger partial charge in [-0.2, -0.15) is 0 Å². The van der Waals surface area contributed by atoms with Crippen LogP contribution in [-0.2, 0) is 11.2 Å². The van der Waals surface area contributed by atoms with E-state index in [1.807, 2.05) is 0 Å². The van der Waals surface area contributed by atoms with E-state index < -0.39 is 17.7 Å². The molecule has 21 heavy (non-hydrogen) atoms. The second-order valence-corrected chi connectivity index (χ2v) is 5.30. The molecule has 4 nitrogen and oxygen atoms in total. The zero-order chi connectivity index (χ0) is 15.4. The first-order valence-electron chi connectivity index (χ1n) is 6.02. The second-order valence-electron chi connectivity index (χ2n) is 4.38. The van der Waals surface area contributed by atoms with Crippen LogP contribution >= 0.6 is 15.9 Å². The van der Waals surface area contributed by atoms with Gasteiger partial charge in [-0.1, -0.05) is 28.1 Å². The highest BCUT2D eigenvalue weighted by Crippen LogP contribution is 2.17. The van der Waals surface area contributed by atoms with E-state index in [4.69, 9.17) is 5.11 Å². The van der Waals surface area contributed by atoms with Crippen molar-refractivity contribution in [2.45, 2.75) is 6.42 Å². The summed E-state index contributed by atoms with van der Waals surface area (Å²) in [5.74, 6) is -1.94. The Morgan fingerprint density at radius 3 is 2.62 bits per heavy atom. The summed E-state index contributed by atoms with van der Waals surface area (Å²) < 4.78 is 13.7. The van der Waals surface area contributed by atoms with Crippen molar-refractivity contribution in [1.82, 2.24) is 0 Å². The summed E-state index contributed by atoms with van der Waals surface area (Å²) >= 11 is 3.12. The third kappa shape index (κ3) is 4.39. The Labute approximate surface area is 128 Å². The molecule has 0 atom stereocenters. The Bertz CT molecular complexity index is 683. The summed E-state index contributed by atoms with van der Waals surface area (Å²) in [5, 5.41) is 11.4. The first-order chi connectivity index (χ1) is 9.94. The van der Waals surface area contributed by atoms with E-state index in [9.17, 15) is 14.0 Å². The molecule has 0 saturated carbocycles. The first kappa shape index (κ1) is 15.2. The van der Waals surface area contributed by atoms with Crippen LogP contribution in [0.4, 0.5) is 10.1 Å². The van der Waals surface area contributed by atoms with Crippen LogP contribution in [-0.4, -0.2) is 17.0 Å². The maximum Gasteiger partial charge on any atom is 0.307 e. The van der Waals surface area contributed by atoms with E-state index in [1.54, 1.807) is 24.3 Å². The van der Waals surface area contributed by atoms with Crippen LogP contribution in [0.1, 0.15) is 15.9 Å². The third-order valence-corrected chi connectivity index (χ3v) is 3.12. The van der Waals surface area contributed by atoms with Crippen LogP contribution < -0.4 is 5.32 Å². The summed E-state index contributed by atoms with van der Waals surface area (Å²) in [5.41, 5.74) is 1.20. The first-order valence-corrected chi connectivity index (χ1v) is 6.81. The largest absolute Gasteiger partial charge is 0.481 e. The van der Waals surface area contributed by atoms with Crippen molar-refractivity contribution in [1.29, 1.82) is 0 Å². The van der Waals surface area contributed by atoms with Gasteiger partial charge in [0, 0.05) is 15.7 Å². The van der Waals surface area contributed by atoms with Gasteiger partial charge in [-0.15, -0.1) is 0 Å². The lowest BCUT2D eigenvalue weighted by Crippen LogP contribution is -2.12. The Hall–Kier alpha value is -2.21. The lowest BCUT2D eigenvalue weighted by atomic mass is 10.1. The molecule has 0 aliphatic rings. The Morgan fingerprint density at radius 2 is 1.95 bits per heavy atom. The summed E-state index contributed by atoms with van der Waals surface area (Å²) in [6, 6.07) is 10.4. The maximum absolute atomic E-state index is 13.3. The highest BCUT2D eigenvalue weighted by Gasteiger charge is 2.09. The zero-order valence-electron chi connectivity index (χ0n) is 10.8. The number of amides is 1. The molecule has 108 valence electrons. The number of benzene rings is 2. The number of hydrogen-bond acceptors (Lipinski definition) is 2. The number of rotatable bonds is 4. The summed E-state index contributed by atoms with van der Waals surface area (Å²) in [4.78, 5) is 22.7. The number of carbonyl (C=O) groups is 2. The zero-order valence-corrected chi connectivity index (χ0v) is 12.4. The minimum atomic E-state index is -0.951. The lowest BCUT2D eigenvalue weighted by Gasteiger charge is -2.07. The van der Waals surface area contributed by atoms with E-state index in [2.05, 4.69) is 21.2 Å². The predicted octanol–water partition coefficient (Wildman–Crippen LogP) is 3.47. The van der Waals surface area contributed by atoms with Gasteiger partial charge in [-0.05, 0) is 35.9 Å². The van der Waals surface area contributed by atoms with Crippen molar-refractivity contribution in [2.75, 3.05) is 5.32 Å². The topological polar surface area (TPSA) is 66.4 Å². The highest BCUT2D eigenvalue weighted by molar-refractivity contribution is 9.10. The van der Waals surface area contributed by atoms with Crippen molar-refractivity contribution in [2.24, 2.45) is 0 Å². The van der Waals surface area contributed by atoms with Crippen molar-refractivity contribution >= 4 is 33.5 Å². The van der Waals surface area contributed by atoms with Gasteiger partial charge < -0.3 is 10.4 Å². The van der Waals surface area contributed by atoms with Gasteiger partial charge in [-0.25, -0.2) is 4.39 Å². The molecular weight excluding hydrogens is 341 g/mol. The summed E-state index contributed by atoms with van der Waals surface area (Å²) in [6.07, 6.45) is -0.130. The number of hydrogen-bond donors (Lipinski definition) is 2. The van der Waals surface area contributed by atoms with Crippen LogP contribution in [0.3, 0.4) is 0 Å². The molecule has 2 rings (SSSR count). The van der Waals surface area contributed by atoms with Crippen molar-refractivity contribution < 1.29 is 19.1 Å². The molecule has 0 unspecified atom stereocenters. The third-order valence-electron chi connectivity index (χ3n) is 2.66. The Kier molecular flexibility index (Phi) is 4.70. The average molecular weight is 352 g/mol. The second kappa shape index (κ2) is 6.49. The fraction of sp³-hybridized carbons (Fsp3) is 0.0667. The molecule has 0 aliphatic carbocycles. The van der Waals surface area contributed by atoms with Crippen molar-refractivity contribution in [3.8, 4) is 0 Å². The minimum absolute atomic E-state index is 0.130. The number of carboxylic acid groups (broad SMARTS) is 1. The van der Waals surface area contributed by atoms with E-state index >= 15 is 0 Å². The lowest BCUT2D eigenvalue weighted by molar-refractivity contribution is -0.136. The van der Waals surface area contributed by atoms with Crippen molar-refractivity contribution in [3.63, 3.8) is 0 Å². The smallest absolute Gasteiger partial charge is 0.307 e. The molecule has 0 aromatic heterocycles. The van der Waals surface area contributed by atoms with E-state index in [1.165, 1.54) is 12.1 Å². The van der Waals surface area contributed by atoms with Crippen molar-refractivity contribution in [3.05, 3.63) is 63.9 Å². The van der Waals surface area contributed by atoms with Gasteiger partial charge in [0.25, 0.3) is 5.91 Å². The number of anilines is 1. The maximum atomic E-state index is 13.3. The van der Waals surface area contributed by atoms with Gasteiger partial charge in [0.2, 0.25) is 0 Å². The quantitative estimate of drug-likeness (QED) is 0.886. The molecule has 0 aliphatic heterocycles. The standard InChI is InChI=1S/C15H11BrFNO3/c16-11-6-10(7-12(17)8-11)15(21)18-13-3-1-2-9(4-13)5-14(19)20/h1-4,6-8H,5H2,(H,18,21)(H,19,20). The molecule has 0 heterocycles. The number of halogens is 2. The van der Waals surface area contributed by atoms with E-state index in [0.29, 0.717) is 15.7 Å². The van der Waals surface area contributed by atoms with E-state index in [0.717, 1.165) is 6.07 Å². The van der Waals surface area contributed by atoms with Gasteiger partial charge in [-0.3, -0.25) is 9.59 Å².